The summed E-state index contributed by atoms with van der Waals surface area (Å²) < 4.78 is 10.5. The smallest absolute Gasteiger partial charge is 0.411 e. The second kappa shape index (κ2) is 10.1. The zero-order valence-corrected chi connectivity index (χ0v) is 17.9. The highest BCUT2D eigenvalue weighted by molar-refractivity contribution is 5.92. The van der Waals surface area contributed by atoms with Gasteiger partial charge in [0.05, 0.1) is 6.54 Å². The van der Waals surface area contributed by atoms with Crippen LogP contribution in [0.25, 0.3) is 0 Å². The Morgan fingerprint density at radius 3 is 2.42 bits per heavy atom. The van der Waals surface area contributed by atoms with Gasteiger partial charge in [-0.05, 0) is 30.2 Å². The number of anilines is 1. The predicted octanol–water partition coefficient (Wildman–Crippen LogP) is 2.81. The third-order valence-electron chi connectivity index (χ3n) is 5.18. The SMILES string of the molecule is CCN(C)C(=O)C1C(c2ccc(NC(=O)COC)cc2)OC(=O)N1Cc1ccccc1. The van der Waals surface area contributed by atoms with Crippen molar-refractivity contribution in [3.63, 3.8) is 0 Å². The summed E-state index contributed by atoms with van der Waals surface area (Å²) in [5.41, 5.74) is 2.18. The van der Waals surface area contributed by atoms with E-state index in [2.05, 4.69) is 5.32 Å². The van der Waals surface area contributed by atoms with E-state index in [9.17, 15) is 14.4 Å². The normalized spacial score (nSPS) is 17.9. The molecule has 1 N–H and O–H groups in total. The van der Waals surface area contributed by atoms with E-state index in [-0.39, 0.29) is 25.0 Å². The number of nitrogens with zero attached hydrogens (tertiary/aromatic N) is 2. The van der Waals surface area contributed by atoms with Crippen molar-refractivity contribution < 1.29 is 23.9 Å². The number of methoxy groups -OCH3 is 1. The molecular formula is C23H27N3O5. The molecule has 1 aliphatic rings. The van der Waals surface area contributed by atoms with Crippen LogP contribution in [0.15, 0.2) is 54.6 Å². The van der Waals surface area contributed by atoms with Gasteiger partial charge in [-0.25, -0.2) is 4.79 Å². The van der Waals surface area contributed by atoms with Crippen LogP contribution in [0, 0.1) is 0 Å². The molecule has 31 heavy (non-hydrogen) atoms. The van der Waals surface area contributed by atoms with Crippen molar-refractivity contribution in [3.05, 3.63) is 65.7 Å². The molecule has 3 rings (SSSR count). The van der Waals surface area contributed by atoms with Crippen molar-refractivity contribution in [1.82, 2.24) is 9.80 Å². The zero-order valence-electron chi connectivity index (χ0n) is 17.9. The van der Waals surface area contributed by atoms with Crippen LogP contribution in [-0.4, -0.2) is 61.1 Å². The number of carbonyl (C=O) groups is 3. The minimum absolute atomic E-state index is 0.0453. The Labute approximate surface area is 181 Å². The summed E-state index contributed by atoms with van der Waals surface area (Å²) in [7, 11) is 3.15. The largest absolute Gasteiger partial charge is 0.438 e. The summed E-state index contributed by atoms with van der Waals surface area (Å²) in [6.45, 7) is 2.62. The molecule has 0 aromatic heterocycles. The summed E-state index contributed by atoms with van der Waals surface area (Å²) in [5.74, 6) is -0.457. The van der Waals surface area contributed by atoms with Crippen molar-refractivity contribution >= 4 is 23.6 Å². The number of ether oxygens (including phenoxy) is 2. The maximum absolute atomic E-state index is 13.2. The molecule has 0 spiro atoms. The average molecular weight is 425 g/mol. The van der Waals surface area contributed by atoms with E-state index in [0.29, 0.717) is 17.8 Å². The molecule has 164 valence electrons. The summed E-state index contributed by atoms with van der Waals surface area (Å²) in [6.07, 6.45) is -1.28. The van der Waals surface area contributed by atoms with Crippen LogP contribution >= 0.6 is 0 Å². The quantitative estimate of drug-likeness (QED) is 0.703. The number of carbonyl (C=O) groups excluding carboxylic acids is 3. The van der Waals surface area contributed by atoms with Gasteiger partial charge < -0.3 is 19.7 Å². The van der Waals surface area contributed by atoms with Crippen LogP contribution in [0.3, 0.4) is 0 Å². The van der Waals surface area contributed by atoms with E-state index in [0.717, 1.165) is 5.56 Å². The lowest BCUT2D eigenvalue weighted by molar-refractivity contribution is -0.135. The molecule has 0 saturated carbocycles. The average Bonchev–Trinajstić information content (AvgIpc) is 3.10. The van der Waals surface area contributed by atoms with Crippen molar-refractivity contribution in [1.29, 1.82) is 0 Å². The zero-order chi connectivity index (χ0) is 22.4. The van der Waals surface area contributed by atoms with Crippen LogP contribution in [0.1, 0.15) is 24.2 Å². The minimum Gasteiger partial charge on any atom is -0.438 e. The van der Waals surface area contributed by atoms with Gasteiger partial charge >= 0.3 is 6.09 Å². The Morgan fingerprint density at radius 2 is 1.81 bits per heavy atom. The standard InChI is InChI=1S/C23H27N3O5/c1-4-25(2)22(28)20-21(17-10-12-18(13-11-17)24-19(27)15-30-3)31-23(29)26(20)14-16-8-6-5-7-9-16/h5-13,20-21H,4,14-15H2,1-3H3,(H,24,27). The number of benzene rings is 2. The molecule has 2 atom stereocenters. The van der Waals surface area contributed by atoms with E-state index in [1.165, 1.54) is 12.0 Å². The third-order valence-corrected chi connectivity index (χ3v) is 5.18. The molecule has 3 amide bonds. The van der Waals surface area contributed by atoms with Crippen molar-refractivity contribution in [3.8, 4) is 0 Å². The molecule has 1 heterocycles. The first-order valence-corrected chi connectivity index (χ1v) is 10.1. The molecule has 8 heteroatoms. The lowest BCUT2D eigenvalue weighted by Crippen LogP contribution is -2.46. The number of hydrogen-bond acceptors (Lipinski definition) is 5. The Hall–Kier alpha value is -3.39. The van der Waals surface area contributed by atoms with E-state index < -0.39 is 18.2 Å². The fourth-order valence-electron chi connectivity index (χ4n) is 3.44. The molecule has 8 nitrogen and oxygen atoms in total. The topological polar surface area (TPSA) is 88.2 Å². The fraction of sp³-hybridized carbons (Fsp3) is 0.348. The van der Waals surface area contributed by atoms with Gasteiger partial charge in [0.25, 0.3) is 0 Å². The predicted molar refractivity (Wildman–Crippen MR) is 115 cm³/mol. The number of rotatable bonds is 8. The molecule has 1 fully saturated rings. The molecular weight excluding hydrogens is 398 g/mol. The molecule has 2 aromatic carbocycles. The van der Waals surface area contributed by atoms with Gasteiger partial charge in [-0.2, -0.15) is 0 Å². The van der Waals surface area contributed by atoms with Gasteiger partial charge in [0, 0.05) is 26.4 Å². The van der Waals surface area contributed by atoms with Gasteiger partial charge in [0.15, 0.2) is 12.1 Å². The maximum Gasteiger partial charge on any atom is 0.411 e. The van der Waals surface area contributed by atoms with Crippen molar-refractivity contribution in [2.24, 2.45) is 0 Å². The van der Waals surface area contributed by atoms with Crippen LogP contribution in [0.4, 0.5) is 10.5 Å². The Balaban J connectivity index is 1.86. The number of nitrogens with one attached hydrogen (secondary N) is 1. The van der Waals surface area contributed by atoms with Gasteiger partial charge in [-0.15, -0.1) is 0 Å². The Bertz CT molecular complexity index is 917. The summed E-state index contributed by atoms with van der Waals surface area (Å²) in [6, 6.07) is 15.6. The highest BCUT2D eigenvalue weighted by Crippen LogP contribution is 2.35. The van der Waals surface area contributed by atoms with Crippen LogP contribution in [-0.2, 0) is 25.6 Å². The molecule has 0 radical (unpaired) electrons. The van der Waals surface area contributed by atoms with Crippen LogP contribution in [0.5, 0.6) is 0 Å². The monoisotopic (exact) mass is 425 g/mol. The van der Waals surface area contributed by atoms with Gasteiger partial charge in [-0.1, -0.05) is 42.5 Å². The molecule has 2 unspecified atom stereocenters. The van der Waals surface area contributed by atoms with Crippen LogP contribution < -0.4 is 5.32 Å². The van der Waals surface area contributed by atoms with Crippen molar-refractivity contribution in [2.45, 2.75) is 25.6 Å². The number of hydrogen-bond donors (Lipinski definition) is 1. The first kappa shape index (κ1) is 22.3. The maximum atomic E-state index is 13.2. The highest BCUT2D eigenvalue weighted by Gasteiger charge is 2.47. The van der Waals surface area contributed by atoms with Crippen LogP contribution in [0.2, 0.25) is 0 Å². The Kier molecular flexibility index (Phi) is 7.25. The van der Waals surface area contributed by atoms with E-state index in [1.54, 1.807) is 36.2 Å². The molecule has 1 saturated heterocycles. The van der Waals surface area contributed by atoms with E-state index >= 15 is 0 Å². The highest BCUT2D eigenvalue weighted by atomic mass is 16.6. The summed E-state index contributed by atoms with van der Waals surface area (Å²) in [4.78, 5) is 40.7. The first-order valence-electron chi connectivity index (χ1n) is 10.1. The lowest BCUT2D eigenvalue weighted by atomic mass is 10.00. The molecule has 0 aliphatic carbocycles. The fourth-order valence-corrected chi connectivity index (χ4v) is 3.44. The molecule has 1 aliphatic heterocycles. The number of likely N-dealkylation sites (N-methyl/N-ethyl adjacent to an activating group) is 1. The minimum atomic E-state index is -0.786. The van der Waals surface area contributed by atoms with E-state index in [4.69, 9.17) is 9.47 Å². The third kappa shape index (κ3) is 5.21. The van der Waals surface area contributed by atoms with Gasteiger partial charge in [-0.3, -0.25) is 14.5 Å². The second-order valence-corrected chi connectivity index (χ2v) is 7.32. The van der Waals surface area contributed by atoms with E-state index in [1.807, 2.05) is 37.3 Å². The Morgan fingerprint density at radius 1 is 1.13 bits per heavy atom. The summed E-state index contributed by atoms with van der Waals surface area (Å²) in [5, 5.41) is 2.71. The molecule has 2 aromatic rings. The number of amides is 3. The van der Waals surface area contributed by atoms with Crippen molar-refractivity contribution in [2.75, 3.05) is 32.6 Å². The molecule has 0 bridgehead atoms. The summed E-state index contributed by atoms with van der Waals surface area (Å²) >= 11 is 0. The van der Waals surface area contributed by atoms with Gasteiger partial charge in [0.2, 0.25) is 11.8 Å². The lowest BCUT2D eigenvalue weighted by Gasteiger charge is -2.28. The number of cyclic esters (lactones) is 1. The van der Waals surface area contributed by atoms with Gasteiger partial charge in [0.1, 0.15) is 6.61 Å². The first-order chi connectivity index (χ1) is 14.9. The second-order valence-electron chi connectivity index (χ2n) is 7.32.